The van der Waals surface area contributed by atoms with Crippen LogP contribution >= 0.6 is 0 Å². The predicted molar refractivity (Wildman–Crippen MR) is 103 cm³/mol. The number of hydrogen-bond donors (Lipinski definition) is 2. The van der Waals surface area contributed by atoms with Gasteiger partial charge in [-0.3, -0.25) is 9.69 Å². The lowest BCUT2D eigenvalue weighted by molar-refractivity contribution is 0.0390. The highest BCUT2D eigenvalue weighted by atomic mass is 32.2. The molecular weight excluding hydrogens is 366 g/mol. The Balaban J connectivity index is 1.61. The molecule has 7 nitrogen and oxygen atoms in total. The number of rotatable bonds is 7. The summed E-state index contributed by atoms with van der Waals surface area (Å²) in [6.07, 6.45) is 0. The number of amides is 1. The second kappa shape index (κ2) is 9.09. The molecule has 0 saturated carbocycles. The molecule has 0 unspecified atom stereocenters. The molecule has 0 bridgehead atoms. The van der Waals surface area contributed by atoms with Crippen molar-refractivity contribution < 1.29 is 17.9 Å². The number of ether oxygens (including phenoxy) is 1. The van der Waals surface area contributed by atoms with Gasteiger partial charge in [-0.2, -0.15) is 0 Å². The molecule has 8 heteroatoms. The summed E-state index contributed by atoms with van der Waals surface area (Å²) in [7, 11) is -3.68. The molecule has 0 radical (unpaired) electrons. The molecule has 1 heterocycles. The minimum atomic E-state index is -3.68. The number of hydrogen-bond acceptors (Lipinski definition) is 5. The molecule has 2 aromatic carbocycles. The van der Waals surface area contributed by atoms with Gasteiger partial charge in [-0.15, -0.1) is 0 Å². The van der Waals surface area contributed by atoms with Gasteiger partial charge in [-0.05, 0) is 30.3 Å². The third-order valence-electron chi connectivity index (χ3n) is 4.26. The van der Waals surface area contributed by atoms with E-state index in [9.17, 15) is 13.2 Å². The van der Waals surface area contributed by atoms with Crippen molar-refractivity contribution in [1.29, 1.82) is 0 Å². The maximum absolute atomic E-state index is 12.5. The number of morpholine rings is 1. The van der Waals surface area contributed by atoms with Gasteiger partial charge < -0.3 is 10.1 Å². The van der Waals surface area contributed by atoms with Crippen molar-refractivity contribution in [2.45, 2.75) is 4.90 Å². The van der Waals surface area contributed by atoms with Crippen molar-refractivity contribution in [1.82, 2.24) is 9.62 Å². The average molecular weight is 389 g/mol. The van der Waals surface area contributed by atoms with Crippen molar-refractivity contribution in [3.05, 3.63) is 60.2 Å². The molecule has 1 fully saturated rings. The fourth-order valence-electron chi connectivity index (χ4n) is 2.78. The molecule has 27 heavy (non-hydrogen) atoms. The zero-order chi connectivity index (χ0) is 19.1. The van der Waals surface area contributed by atoms with E-state index in [1.54, 1.807) is 24.3 Å². The smallest absolute Gasteiger partial charge is 0.255 e. The fraction of sp³-hybridized carbons (Fsp3) is 0.316. The Morgan fingerprint density at radius 2 is 1.78 bits per heavy atom. The SMILES string of the molecule is O=C(Nc1ccccc1)c1cccc(S(=O)(=O)NCCN2CCOCC2)c1. The summed E-state index contributed by atoms with van der Waals surface area (Å²) in [6, 6.07) is 15.0. The Morgan fingerprint density at radius 3 is 2.52 bits per heavy atom. The lowest BCUT2D eigenvalue weighted by Gasteiger charge is -2.26. The Labute approximate surface area is 159 Å². The highest BCUT2D eigenvalue weighted by Crippen LogP contribution is 2.14. The fourth-order valence-corrected chi connectivity index (χ4v) is 3.84. The monoisotopic (exact) mass is 389 g/mol. The van der Waals surface area contributed by atoms with Crippen LogP contribution in [0.5, 0.6) is 0 Å². The minimum absolute atomic E-state index is 0.0742. The predicted octanol–water partition coefficient (Wildman–Crippen LogP) is 1.55. The number of nitrogens with one attached hydrogen (secondary N) is 2. The quantitative estimate of drug-likeness (QED) is 0.750. The van der Waals surface area contributed by atoms with Gasteiger partial charge in [0.25, 0.3) is 5.91 Å². The van der Waals surface area contributed by atoms with E-state index in [1.807, 2.05) is 18.2 Å². The molecule has 144 valence electrons. The van der Waals surface area contributed by atoms with E-state index in [0.29, 0.717) is 32.0 Å². The average Bonchev–Trinajstić information content (AvgIpc) is 2.69. The highest BCUT2D eigenvalue weighted by molar-refractivity contribution is 7.89. The van der Waals surface area contributed by atoms with Gasteiger partial charge in [-0.25, -0.2) is 13.1 Å². The first-order valence-corrected chi connectivity index (χ1v) is 10.3. The third-order valence-corrected chi connectivity index (χ3v) is 5.72. The molecule has 3 rings (SSSR count). The number of anilines is 1. The van der Waals surface area contributed by atoms with Crippen molar-refractivity contribution in [3.63, 3.8) is 0 Å². The van der Waals surface area contributed by atoms with Crippen LogP contribution < -0.4 is 10.0 Å². The molecule has 2 aromatic rings. The Bertz CT molecular complexity index is 866. The van der Waals surface area contributed by atoms with Crippen LogP contribution in [-0.4, -0.2) is 58.6 Å². The summed E-state index contributed by atoms with van der Waals surface area (Å²) in [5, 5.41) is 2.75. The lowest BCUT2D eigenvalue weighted by Crippen LogP contribution is -2.41. The van der Waals surface area contributed by atoms with Crippen LogP contribution in [0.2, 0.25) is 0 Å². The molecule has 1 amide bonds. The van der Waals surface area contributed by atoms with Crippen LogP contribution in [0, 0.1) is 0 Å². The van der Waals surface area contributed by atoms with Gasteiger partial charge in [0, 0.05) is 37.4 Å². The van der Waals surface area contributed by atoms with Crippen LogP contribution in [0.3, 0.4) is 0 Å². The van der Waals surface area contributed by atoms with E-state index in [2.05, 4.69) is 14.9 Å². The first kappa shape index (κ1) is 19.5. The van der Waals surface area contributed by atoms with Crippen molar-refractivity contribution in [2.24, 2.45) is 0 Å². The van der Waals surface area contributed by atoms with Crippen molar-refractivity contribution in [3.8, 4) is 0 Å². The van der Waals surface area contributed by atoms with E-state index < -0.39 is 10.0 Å². The van der Waals surface area contributed by atoms with Crippen LogP contribution in [-0.2, 0) is 14.8 Å². The zero-order valence-electron chi connectivity index (χ0n) is 14.9. The molecule has 0 aliphatic carbocycles. The number of sulfonamides is 1. The second-order valence-electron chi connectivity index (χ2n) is 6.20. The van der Waals surface area contributed by atoms with E-state index in [4.69, 9.17) is 4.74 Å². The second-order valence-corrected chi connectivity index (χ2v) is 7.97. The first-order chi connectivity index (χ1) is 13.0. The summed E-state index contributed by atoms with van der Waals surface area (Å²) in [6.45, 7) is 3.88. The lowest BCUT2D eigenvalue weighted by atomic mass is 10.2. The topological polar surface area (TPSA) is 87.7 Å². The third kappa shape index (κ3) is 5.61. The molecule has 0 atom stereocenters. The summed E-state index contributed by atoms with van der Waals surface area (Å²) in [5.41, 5.74) is 0.939. The molecule has 1 saturated heterocycles. The Morgan fingerprint density at radius 1 is 1.04 bits per heavy atom. The highest BCUT2D eigenvalue weighted by Gasteiger charge is 2.17. The molecule has 2 N–H and O–H groups in total. The van der Waals surface area contributed by atoms with Crippen LogP contribution in [0.1, 0.15) is 10.4 Å². The summed E-state index contributed by atoms with van der Waals surface area (Å²) >= 11 is 0. The van der Waals surface area contributed by atoms with Gasteiger partial charge >= 0.3 is 0 Å². The van der Waals surface area contributed by atoms with Gasteiger partial charge in [0.2, 0.25) is 10.0 Å². The number of carbonyl (C=O) groups excluding carboxylic acids is 1. The maximum atomic E-state index is 12.5. The van der Waals surface area contributed by atoms with E-state index in [1.165, 1.54) is 12.1 Å². The van der Waals surface area contributed by atoms with Crippen LogP contribution in [0.25, 0.3) is 0 Å². The standard InChI is InChI=1S/C19H23N3O4S/c23-19(21-17-6-2-1-3-7-17)16-5-4-8-18(15-16)27(24,25)20-9-10-22-11-13-26-14-12-22/h1-8,15,20H,9-14H2,(H,21,23). The summed E-state index contributed by atoms with van der Waals surface area (Å²) < 4.78 is 32.9. The number of benzene rings is 2. The molecule has 0 spiro atoms. The molecule has 0 aromatic heterocycles. The van der Waals surface area contributed by atoms with Gasteiger partial charge in [0.05, 0.1) is 18.1 Å². The zero-order valence-corrected chi connectivity index (χ0v) is 15.7. The van der Waals surface area contributed by atoms with E-state index in [-0.39, 0.29) is 16.4 Å². The van der Waals surface area contributed by atoms with Gasteiger partial charge in [-0.1, -0.05) is 24.3 Å². The minimum Gasteiger partial charge on any atom is -0.379 e. The van der Waals surface area contributed by atoms with Crippen molar-refractivity contribution in [2.75, 3.05) is 44.7 Å². The van der Waals surface area contributed by atoms with Crippen LogP contribution in [0.4, 0.5) is 5.69 Å². The Kier molecular flexibility index (Phi) is 6.57. The molecule has 1 aliphatic rings. The summed E-state index contributed by atoms with van der Waals surface area (Å²) in [5.74, 6) is -0.355. The number of carbonyl (C=O) groups is 1. The van der Waals surface area contributed by atoms with Gasteiger partial charge in [0.15, 0.2) is 0 Å². The number of para-hydroxylation sites is 1. The van der Waals surface area contributed by atoms with Gasteiger partial charge in [0.1, 0.15) is 0 Å². The van der Waals surface area contributed by atoms with Crippen LogP contribution in [0.15, 0.2) is 59.5 Å². The van der Waals surface area contributed by atoms with E-state index >= 15 is 0 Å². The normalized spacial score (nSPS) is 15.4. The largest absolute Gasteiger partial charge is 0.379 e. The number of nitrogens with zero attached hydrogens (tertiary/aromatic N) is 1. The van der Waals surface area contributed by atoms with E-state index in [0.717, 1.165) is 13.1 Å². The Hall–Kier alpha value is -2.26. The molecular formula is C19H23N3O4S. The first-order valence-electron chi connectivity index (χ1n) is 8.81. The molecule has 1 aliphatic heterocycles. The summed E-state index contributed by atoms with van der Waals surface area (Å²) in [4.78, 5) is 14.6. The maximum Gasteiger partial charge on any atom is 0.255 e. The van der Waals surface area contributed by atoms with Crippen molar-refractivity contribution >= 4 is 21.6 Å².